The number of aliphatic hydroxyl groups excluding tert-OH is 1. The number of β-amino-alcohol motifs (C(OH)–C–C–N with tert-alkyl or cyclic N) is 1. The van der Waals surface area contributed by atoms with Crippen molar-refractivity contribution < 1.29 is 9.84 Å². The number of ether oxygens (including phenoxy) is 1. The maximum Gasteiger partial charge on any atom is 0.0704 e. The smallest absolute Gasteiger partial charge is 0.0704 e. The highest BCUT2D eigenvalue weighted by Gasteiger charge is 2.28. The van der Waals surface area contributed by atoms with Gasteiger partial charge in [-0.25, -0.2) is 0 Å². The van der Waals surface area contributed by atoms with Gasteiger partial charge in [-0.05, 0) is 31.1 Å². The summed E-state index contributed by atoms with van der Waals surface area (Å²) in [6.07, 6.45) is 3.44. The first kappa shape index (κ1) is 9.44. The molecule has 76 valence electrons. The molecule has 0 saturated carbocycles. The fourth-order valence-electron chi connectivity index (χ4n) is 2.37. The molecule has 0 spiro atoms. The monoisotopic (exact) mass is 185 g/mol. The summed E-state index contributed by atoms with van der Waals surface area (Å²) in [5.74, 6) is 1.27. The van der Waals surface area contributed by atoms with Gasteiger partial charge in [0.25, 0.3) is 0 Å². The minimum absolute atomic E-state index is 0.108. The maximum absolute atomic E-state index is 9.63. The Bertz CT molecular complexity index is 157. The van der Waals surface area contributed by atoms with Crippen molar-refractivity contribution in [2.45, 2.75) is 25.4 Å². The Kier molecular flexibility index (Phi) is 3.19. The van der Waals surface area contributed by atoms with Crippen LogP contribution >= 0.6 is 0 Å². The first-order valence-electron chi connectivity index (χ1n) is 5.33. The third-order valence-corrected chi connectivity index (χ3v) is 3.28. The second-order valence-electron chi connectivity index (χ2n) is 4.28. The molecule has 0 aromatic rings. The van der Waals surface area contributed by atoms with Gasteiger partial charge in [0.15, 0.2) is 0 Å². The summed E-state index contributed by atoms with van der Waals surface area (Å²) in [7, 11) is 0. The van der Waals surface area contributed by atoms with Crippen LogP contribution in [0.4, 0.5) is 0 Å². The van der Waals surface area contributed by atoms with Crippen molar-refractivity contribution in [3.8, 4) is 0 Å². The molecule has 13 heavy (non-hydrogen) atoms. The van der Waals surface area contributed by atoms with Crippen molar-refractivity contribution >= 4 is 0 Å². The molecular formula is C10H19NO2. The highest BCUT2D eigenvalue weighted by atomic mass is 16.5. The second-order valence-corrected chi connectivity index (χ2v) is 4.28. The van der Waals surface area contributed by atoms with Gasteiger partial charge >= 0.3 is 0 Å². The van der Waals surface area contributed by atoms with E-state index < -0.39 is 0 Å². The molecule has 0 aromatic heterocycles. The van der Waals surface area contributed by atoms with Crippen molar-refractivity contribution in [2.24, 2.45) is 11.8 Å². The van der Waals surface area contributed by atoms with E-state index in [-0.39, 0.29) is 6.10 Å². The van der Waals surface area contributed by atoms with E-state index in [1.807, 2.05) is 0 Å². The first-order chi connectivity index (χ1) is 6.36. The van der Waals surface area contributed by atoms with E-state index in [1.54, 1.807) is 0 Å². The fourth-order valence-corrected chi connectivity index (χ4v) is 2.37. The van der Waals surface area contributed by atoms with Crippen LogP contribution in [0.1, 0.15) is 19.3 Å². The summed E-state index contributed by atoms with van der Waals surface area (Å²) >= 11 is 0. The SMILES string of the molecule is O[C@@H]1CNC[C@H]1CC1CCOCC1. The fraction of sp³-hybridized carbons (Fsp3) is 1.00. The van der Waals surface area contributed by atoms with Gasteiger partial charge in [-0.3, -0.25) is 0 Å². The number of hydrogen-bond acceptors (Lipinski definition) is 3. The van der Waals surface area contributed by atoms with Gasteiger partial charge < -0.3 is 15.2 Å². The van der Waals surface area contributed by atoms with E-state index in [9.17, 15) is 5.11 Å². The predicted octanol–water partition coefficient (Wildman–Crippen LogP) is 0.383. The minimum Gasteiger partial charge on any atom is -0.391 e. The summed E-state index contributed by atoms with van der Waals surface area (Å²) in [5.41, 5.74) is 0. The molecule has 2 rings (SSSR count). The Balaban J connectivity index is 1.75. The van der Waals surface area contributed by atoms with E-state index >= 15 is 0 Å². The number of hydrogen-bond donors (Lipinski definition) is 2. The van der Waals surface area contributed by atoms with E-state index in [0.717, 1.165) is 32.2 Å². The van der Waals surface area contributed by atoms with Gasteiger partial charge in [-0.2, -0.15) is 0 Å². The summed E-state index contributed by atoms with van der Waals surface area (Å²) < 4.78 is 5.31. The van der Waals surface area contributed by atoms with Gasteiger partial charge in [0.2, 0.25) is 0 Å². The molecule has 0 radical (unpaired) electrons. The molecule has 0 aliphatic carbocycles. The first-order valence-corrected chi connectivity index (χ1v) is 5.33. The Morgan fingerprint density at radius 1 is 1.23 bits per heavy atom. The lowest BCUT2D eigenvalue weighted by atomic mass is 9.87. The zero-order valence-corrected chi connectivity index (χ0v) is 8.04. The molecule has 2 saturated heterocycles. The maximum atomic E-state index is 9.63. The van der Waals surface area contributed by atoms with Crippen LogP contribution in [0.3, 0.4) is 0 Å². The zero-order chi connectivity index (χ0) is 9.10. The molecule has 2 aliphatic rings. The summed E-state index contributed by atoms with van der Waals surface area (Å²) in [5, 5.41) is 12.9. The lowest BCUT2D eigenvalue weighted by Crippen LogP contribution is -2.24. The lowest BCUT2D eigenvalue weighted by molar-refractivity contribution is 0.0490. The van der Waals surface area contributed by atoms with Gasteiger partial charge in [0, 0.05) is 26.3 Å². The third-order valence-electron chi connectivity index (χ3n) is 3.28. The highest BCUT2D eigenvalue weighted by molar-refractivity contribution is 4.82. The van der Waals surface area contributed by atoms with E-state index in [4.69, 9.17) is 4.74 Å². The minimum atomic E-state index is -0.108. The number of aliphatic hydroxyl groups is 1. The molecule has 2 atom stereocenters. The van der Waals surface area contributed by atoms with Gasteiger partial charge in [-0.1, -0.05) is 0 Å². The summed E-state index contributed by atoms with van der Waals surface area (Å²) in [6, 6.07) is 0. The molecule has 2 N–H and O–H groups in total. The standard InChI is InChI=1S/C10H19NO2/c12-10-7-11-6-9(10)5-8-1-3-13-4-2-8/h8-12H,1-7H2/t9-,10-/m1/s1. The molecule has 2 fully saturated rings. The molecule has 3 nitrogen and oxygen atoms in total. The topological polar surface area (TPSA) is 41.5 Å². The molecule has 0 unspecified atom stereocenters. The van der Waals surface area contributed by atoms with Crippen molar-refractivity contribution in [3.63, 3.8) is 0 Å². The van der Waals surface area contributed by atoms with Crippen molar-refractivity contribution in [1.29, 1.82) is 0 Å². The summed E-state index contributed by atoms with van der Waals surface area (Å²) in [6.45, 7) is 3.62. The summed E-state index contributed by atoms with van der Waals surface area (Å²) in [4.78, 5) is 0. The average molecular weight is 185 g/mol. The molecule has 0 amide bonds. The van der Waals surface area contributed by atoms with Crippen LogP contribution in [0.25, 0.3) is 0 Å². The van der Waals surface area contributed by atoms with Crippen molar-refractivity contribution in [3.05, 3.63) is 0 Å². The molecule has 2 aliphatic heterocycles. The third kappa shape index (κ3) is 2.42. The average Bonchev–Trinajstić information content (AvgIpc) is 2.54. The van der Waals surface area contributed by atoms with Crippen molar-refractivity contribution in [1.82, 2.24) is 5.32 Å². The quantitative estimate of drug-likeness (QED) is 0.653. The zero-order valence-electron chi connectivity index (χ0n) is 8.04. The van der Waals surface area contributed by atoms with E-state index in [0.29, 0.717) is 5.92 Å². The number of rotatable bonds is 2. The largest absolute Gasteiger partial charge is 0.391 e. The molecule has 0 bridgehead atoms. The van der Waals surface area contributed by atoms with Gasteiger partial charge in [-0.15, -0.1) is 0 Å². The Morgan fingerprint density at radius 2 is 2.00 bits per heavy atom. The van der Waals surface area contributed by atoms with Crippen LogP contribution in [0.2, 0.25) is 0 Å². The molecular weight excluding hydrogens is 166 g/mol. The van der Waals surface area contributed by atoms with E-state index in [2.05, 4.69) is 5.32 Å². The Morgan fingerprint density at radius 3 is 2.62 bits per heavy atom. The number of nitrogens with one attached hydrogen (secondary N) is 1. The van der Waals surface area contributed by atoms with Crippen LogP contribution in [0, 0.1) is 11.8 Å². The Hall–Kier alpha value is -0.120. The van der Waals surface area contributed by atoms with Crippen LogP contribution < -0.4 is 5.32 Å². The predicted molar refractivity (Wildman–Crippen MR) is 50.5 cm³/mol. The molecule has 2 heterocycles. The van der Waals surface area contributed by atoms with Crippen LogP contribution in [-0.4, -0.2) is 37.5 Å². The molecule has 0 aromatic carbocycles. The van der Waals surface area contributed by atoms with Crippen LogP contribution in [0.15, 0.2) is 0 Å². The van der Waals surface area contributed by atoms with Crippen molar-refractivity contribution in [2.75, 3.05) is 26.3 Å². The van der Waals surface area contributed by atoms with Gasteiger partial charge in [0.1, 0.15) is 0 Å². The second kappa shape index (κ2) is 4.40. The van der Waals surface area contributed by atoms with E-state index in [1.165, 1.54) is 19.3 Å². The highest BCUT2D eigenvalue weighted by Crippen LogP contribution is 2.25. The lowest BCUT2D eigenvalue weighted by Gasteiger charge is -2.25. The van der Waals surface area contributed by atoms with Gasteiger partial charge in [0.05, 0.1) is 6.10 Å². The normalized spacial score (nSPS) is 36.7. The Labute approximate surface area is 79.5 Å². The van der Waals surface area contributed by atoms with Crippen LogP contribution in [0.5, 0.6) is 0 Å². The van der Waals surface area contributed by atoms with Crippen LogP contribution in [-0.2, 0) is 4.74 Å². The molecule has 3 heteroatoms.